The first-order valence-corrected chi connectivity index (χ1v) is 9.44. The summed E-state index contributed by atoms with van der Waals surface area (Å²) in [7, 11) is 0. The number of hydrazine groups is 1. The van der Waals surface area contributed by atoms with Crippen molar-refractivity contribution in [3.8, 4) is 0 Å². The second-order valence-corrected chi connectivity index (χ2v) is 7.07. The molecule has 0 radical (unpaired) electrons. The molecule has 0 saturated carbocycles. The highest BCUT2D eigenvalue weighted by atomic mass is 32.1. The van der Waals surface area contributed by atoms with Crippen LogP contribution in [0.1, 0.15) is 48.6 Å². The molecule has 0 atom stereocenters. The van der Waals surface area contributed by atoms with Crippen molar-refractivity contribution >= 4 is 34.1 Å². The number of amides is 3. The van der Waals surface area contributed by atoms with E-state index in [-0.39, 0.29) is 5.76 Å². The summed E-state index contributed by atoms with van der Waals surface area (Å²) >= 11 is 1.11. The average molecular weight is 397 g/mol. The van der Waals surface area contributed by atoms with Crippen LogP contribution in [0.3, 0.4) is 0 Å². The van der Waals surface area contributed by atoms with Crippen molar-refractivity contribution < 1.29 is 18.8 Å². The topological polar surface area (TPSA) is 100 Å². The van der Waals surface area contributed by atoms with Gasteiger partial charge < -0.3 is 9.73 Å². The van der Waals surface area contributed by atoms with Gasteiger partial charge in [0.25, 0.3) is 17.7 Å². The third-order valence-electron chi connectivity index (χ3n) is 4.02. The van der Waals surface area contributed by atoms with Crippen LogP contribution >= 0.6 is 11.3 Å². The van der Waals surface area contributed by atoms with E-state index in [2.05, 4.69) is 16.2 Å². The molecule has 28 heavy (non-hydrogen) atoms. The van der Waals surface area contributed by atoms with Crippen LogP contribution in [0, 0.1) is 6.92 Å². The SMILES string of the molecule is CCc1ccc(C(=O)NNC(=O)c2sc(NC(=O)c3ccco3)cc2C)cc1. The smallest absolute Gasteiger partial charge is 0.291 e. The maximum atomic E-state index is 12.4. The van der Waals surface area contributed by atoms with Crippen molar-refractivity contribution in [2.24, 2.45) is 0 Å². The lowest BCUT2D eigenvalue weighted by atomic mass is 10.1. The molecule has 0 unspecified atom stereocenters. The molecule has 2 aromatic heterocycles. The number of aryl methyl sites for hydroxylation is 2. The van der Waals surface area contributed by atoms with Gasteiger partial charge in [0.2, 0.25) is 0 Å². The Bertz CT molecular complexity index is 991. The summed E-state index contributed by atoms with van der Waals surface area (Å²) in [5.74, 6) is -1.09. The second kappa shape index (κ2) is 8.53. The minimum atomic E-state index is -0.459. The van der Waals surface area contributed by atoms with Crippen LogP contribution in [0.25, 0.3) is 0 Å². The highest BCUT2D eigenvalue weighted by molar-refractivity contribution is 7.18. The summed E-state index contributed by atoms with van der Waals surface area (Å²) in [5.41, 5.74) is 7.06. The van der Waals surface area contributed by atoms with E-state index in [4.69, 9.17) is 4.42 Å². The lowest BCUT2D eigenvalue weighted by Gasteiger charge is -2.07. The summed E-state index contributed by atoms with van der Waals surface area (Å²) in [6.45, 7) is 3.78. The van der Waals surface area contributed by atoms with Gasteiger partial charge in [-0.2, -0.15) is 0 Å². The van der Waals surface area contributed by atoms with Gasteiger partial charge in [-0.05, 0) is 54.8 Å². The molecule has 0 aliphatic carbocycles. The van der Waals surface area contributed by atoms with Crippen LogP contribution in [0.15, 0.2) is 53.1 Å². The van der Waals surface area contributed by atoms with Gasteiger partial charge in [-0.1, -0.05) is 19.1 Å². The molecular weight excluding hydrogens is 378 g/mol. The second-order valence-electron chi connectivity index (χ2n) is 6.01. The van der Waals surface area contributed by atoms with Crippen molar-refractivity contribution in [1.82, 2.24) is 10.9 Å². The van der Waals surface area contributed by atoms with Gasteiger partial charge in [0.15, 0.2) is 5.76 Å². The molecule has 0 aliphatic heterocycles. The molecule has 3 amide bonds. The zero-order valence-electron chi connectivity index (χ0n) is 15.4. The number of anilines is 1. The Morgan fingerprint density at radius 2 is 1.71 bits per heavy atom. The van der Waals surface area contributed by atoms with Crippen molar-refractivity contribution in [3.05, 3.63) is 76.1 Å². The van der Waals surface area contributed by atoms with Crippen LogP contribution in [-0.2, 0) is 6.42 Å². The van der Waals surface area contributed by atoms with Crippen molar-refractivity contribution in [1.29, 1.82) is 0 Å². The van der Waals surface area contributed by atoms with E-state index in [9.17, 15) is 14.4 Å². The average Bonchev–Trinajstić information content (AvgIpc) is 3.36. The van der Waals surface area contributed by atoms with Gasteiger partial charge in [-0.25, -0.2) is 0 Å². The van der Waals surface area contributed by atoms with Crippen molar-refractivity contribution in [2.75, 3.05) is 5.32 Å². The molecule has 3 aromatic rings. The Balaban J connectivity index is 1.60. The number of hydrogen-bond donors (Lipinski definition) is 3. The number of carbonyl (C=O) groups excluding carboxylic acids is 3. The van der Waals surface area contributed by atoms with E-state index in [1.54, 1.807) is 37.3 Å². The molecule has 2 heterocycles. The normalized spacial score (nSPS) is 10.4. The van der Waals surface area contributed by atoms with Crippen LogP contribution in [0.2, 0.25) is 0 Å². The maximum absolute atomic E-state index is 12.4. The highest BCUT2D eigenvalue weighted by Crippen LogP contribution is 2.27. The summed E-state index contributed by atoms with van der Waals surface area (Å²) < 4.78 is 5.04. The molecular formula is C20H19N3O4S. The standard InChI is InChI=1S/C20H19N3O4S/c1-3-13-6-8-14(9-7-13)18(24)22-23-20(26)17-12(2)11-16(28-17)21-19(25)15-5-4-10-27-15/h4-11H,3H2,1-2H3,(H,21,25)(H,22,24)(H,23,26). The molecule has 0 fully saturated rings. The zero-order valence-corrected chi connectivity index (χ0v) is 16.2. The molecule has 7 nitrogen and oxygen atoms in total. The molecule has 3 N–H and O–H groups in total. The summed E-state index contributed by atoms with van der Waals surface area (Å²) in [5, 5.41) is 3.19. The monoisotopic (exact) mass is 397 g/mol. The third-order valence-corrected chi connectivity index (χ3v) is 5.17. The number of thiophene rings is 1. The molecule has 1 aromatic carbocycles. The summed E-state index contributed by atoms with van der Waals surface area (Å²) in [6.07, 6.45) is 2.29. The highest BCUT2D eigenvalue weighted by Gasteiger charge is 2.17. The number of carbonyl (C=O) groups is 3. The molecule has 144 valence electrons. The van der Waals surface area contributed by atoms with Crippen LogP contribution < -0.4 is 16.2 Å². The van der Waals surface area contributed by atoms with Gasteiger partial charge in [0.05, 0.1) is 16.1 Å². The first-order chi connectivity index (χ1) is 13.5. The van der Waals surface area contributed by atoms with E-state index in [1.807, 2.05) is 19.1 Å². The lowest BCUT2D eigenvalue weighted by molar-refractivity contribution is 0.0848. The quantitative estimate of drug-likeness (QED) is 0.573. The van der Waals surface area contributed by atoms with E-state index in [1.165, 1.54) is 6.26 Å². The predicted molar refractivity (Wildman–Crippen MR) is 106 cm³/mol. The van der Waals surface area contributed by atoms with Gasteiger partial charge >= 0.3 is 0 Å². The van der Waals surface area contributed by atoms with E-state index >= 15 is 0 Å². The Morgan fingerprint density at radius 1 is 1.00 bits per heavy atom. The van der Waals surface area contributed by atoms with Crippen molar-refractivity contribution in [2.45, 2.75) is 20.3 Å². The first-order valence-electron chi connectivity index (χ1n) is 8.63. The molecule has 0 saturated heterocycles. The molecule has 0 aliphatic rings. The van der Waals surface area contributed by atoms with E-state index in [0.717, 1.165) is 23.3 Å². The summed E-state index contributed by atoms with van der Waals surface area (Å²) in [4.78, 5) is 37.0. The fourth-order valence-electron chi connectivity index (χ4n) is 2.48. The first kappa shape index (κ1) is 19.4. The molecule has 8 heteroatoms. The van der Waals surface area contributed by atoms with Crippen LogP contribution in [0.4, 0.5) is 5.00 Å². The Kier molecular flexibility index (Phi) is 5.90. The van der Waals surface area contributed by atoms with Gasteiger partial charge in [-0.15, -0.1) is 11.3 Å². The molecule has 3 rings (SSSR count). The molecule has 0 spiro atoms. The maximum Gasteiger partial charge on any atom is 0.291 e. The van der Waals surface area contributed by atoms with Crippen LogP contribution in [-0.4, -0.2) is 17.7 Å². The minimum absolute atomic E-state index is 0.179. The Labute approximate surface area is 165 Å². The number of nitrogens with one attached hydrogen (secondary N) is 3. The number of benzene rings is 1. The van der Waals surface area contributed by atoms with Crippen LogP contribution in [0.5, 0.6) is 0 Å². The number of hydrogen-bond acceptors (Lipinski definition) is 5. The Hall–Kier alpha value is -3.39. The predicted octanol–water partition coefficient (Wildman–Crippen LogP) is 3.54. The minimum Gasteiger partial charge on any atom is -0.459 e. The largest absolute Gasteiger partial charge is 0.459 e. The molecule has 0 bridgehead atoms. The fourth-order valence-corrected chi connectivity index (χ4v) is 3.45. The summed E-state index contributed by atoms with van der Waals surface area (Å²) in [6, 6.07) is 12.0. The van der Waals surface area contributed by atoms with E-state index < -0.39 is 17.7 Å². The number of rotatable bonds is 5. The fraction of sp³-hybridized carbons (Fsp3) is 0.150. The van der Waals surface area contributed by atoms with Gasteiger partial charge in [0, 0.05) is 5.56 Å². The van der Waals surface area contributed by atoms with Crippen molar-refractivity contribution in [3.63, 3.8) is 0 Å². The van der Waals surface area contributed by atoms with Gasteiger partial charge in [0.1, 0.15) is 0 Å². The Morgan fingerprint density at radius 3 is 2.36 bits per heavy atom. The lowest BCUT2D eigenvalue weighted by Crippen LogP contribution is -2.41. The number of furan rings is 1. The van der Waals surface area contributed by atoms with E-state index in [0.29, 0.717) is 21.0 Å². The third kappa shape index (κ3) is 4.47. The zero-order chi connectivity index (χ0) is 20.1. The van der Waals surface area contributed by atoms with Gasteiger partial charge in [-0.3, -0.25) is 25.2 Å².